The molecule has 0 fully saturated rings. The fourth-order valence-corrected chi connectivity index (χ4v) is 2.39. The van der Waals surface area contributed by atoms with Crippen molar-refractivity contribution in [3.05, 3.63) is 72.1 Å². The number of carbonyl (C=O) groups is 1. The molecule has 23 heavy (non-hydrogen) atoms. The maximum atomic E-state index is 12.0. The zero-order valence-electron chi connectivity index (χ0n) is 12.5. The smallest absolute Gasteiger partial charge is 0.272 e. The Labute approximate surface area is 133 Å². The van der Waals surface area contributed by atoms with Crippen LogP contribution in [0.5, 0.6) is 5.75 Å². The number of nitrogens with one attached hydrogen (secondary N) is 1. The maximum Gasteiger partial charge on any atom is 0.272 e. The fraction of sp³-hybridized carbons (Fsp3) is 0.0556. The Morgan fingerprint density at radius 3 is 2.74 bits per heavy atom. The number of hydrazone groups is 1. The first-order valence-electron chi connectivity index (χ1n) is 7.12. The number of phenols is 1. The van der Waals surface area contributed by atoms with E-state index in [0.29, 0.717) is 16.8 Å². The van der Waals surface area contributed by atoms with Gasteiger partial charge in [-0.25, -0.2) is 5.43 Å². The molecule has 5 nitrogen and oxygen atoms in total. The zero-order valence-corrected chi connectivity index (χ0v) is 12.5. The second kappa shape index (κ2) is 6.27. The molecule has 1 amide bonds. The molecule has 0 aliphatic heterocycles. The summed E-state index contributed by atoms with van der Waals surface area (Å²) in [6, 6.07) is 14.5. The van der Waals surface area contributed by atoms with Crippen LogP contribution in [0.25, 0.3) is 10.8 Å². The van der Waals surface area contributed by atoms with E-state index < -0.39 is 0 Å². The Bertz CT molecular complexity index is 889. The number of phenolic OH excluding ortho intramolecular Hbond substituents is 1. The number of nitrogens with zero attached hydrogens (tertiary/aromatic N) is 2. The van der Waals surface area contributed by atoms with Crippen LogP contribution >= 0.6 is 0 Å². The van der Waals surface area contributed by atoms with Gasteiger partial charge in [0.05, 0.1) is 11.3 Å². The lowest BCUT2D eigenvalue weighted by Crippen LogP contribution is -2.19. The van der Waals surface area contributed by atoms with E-state index in [1.807, 2.05) is 30.3 Å². The summed E-state index contributed by atoms with van der Waals surface area (Å²) in [4.78, 5) is 15.9. The third kappa shape index (κ3) is 3.03. The summed E-state index contributed by atoms with van der Waals surface area (Å²) in [5.41, 5.74) is 4.04. The Morgan fingerprint density at radius 2 is 1.96 bits per heavy atom. The number of fused-ring (bicyclic) bond motifs is 1. The van der Waals surface area contributed by atoms with E-state index in [0.717, 1.165) is 10.8 Å². The summed E-state index contributed by atoms with van der Waals surface area (Å²) in [6.45, 7) is 1.74. The molecule has 0 spiro atoms. The lowest BCUT2D eigenvalue weighted by atomic mass is 10.0. The molecule has 0 bridgehead atoms. The van der Waals surface area contributed by atoms with Gasteiger partial charge in [0.15, 0.2) is 0 Å². The van der Waals surface area contributed by atoms with Gasteiger partial charge in [0.1, 0.15) is 5.75 Å². The van der Waals surface area contributed by atoms with Gasteiger partial charge >= 0.3 is 0 Å². The van der Waals surface area contributed by atoms with Gasteiger partial charge in [0.25, 0.3) is 5.91 Å². The highest BCUT2D eigenvalue weighted by molar-refractivity contribution is 6.12. The van der Waals surface area contributed by atoms with Crippen molar-refractivity contribution in [3.63, 3.8) is 0 Å². The van der Waals surface area contributed by atoms with Gasteiger partial charge < -0.3 is 5.11 Å². The van der Waals surface area contributed by atoms with E-state index in [2.05, 4.69) is 15.5 Å². The van der Waals surface area contributed by atoms with Crippen molar-refractivity contribution in [3.8, 4) is 5.75 Å². The van der Waals surface area contributed by atoms with E-state index in [9.17, 15) is 9.90 Å². The van der Waals surface area contributed by atoms with E-state index in [4.69, 9.17) is 0 Å². The predicted octanol–water partition coefficient (Wildman–Crippen LogP) is 3.09. The Balaban J connectivity index is 1.93. The minimum absolute atomic E-state index is 0.126. The molecular formula is C18H15N3O2. The molecule has 0 saturated heterocycles. The molecule has 0 aliphatic carbocycles. The minimum atomic E-state index is -0.350. The molecular weight excluding hydrogens is 290 g/mol. The predicted molar refractivity (Wildman–Crippen MR) is 89.5 cm³/mol. The van der Waals surface area contributed by atoms with E-state index >= 15 is 0 Å². The van der Waals surface area contributed by atoms with Gasteiger partial charge in [-0.3, -0.25) is 9.78 Å². The van der Waals surface area contributed by atoms with Gasteiger partial charge in [0.2, 0.25) is 0 Å². The molecule has 0 radical (unpaired) electrons. The van der Waals surface area contributed by atoms with Crippen molar-refractivity contribution in [1.29, 1.82) is 0 Å². The van der Waals surface area contributed by atoms with Crippen molar-refractivity contribution in [2.24, 2.45) is 5.10 Å². The molecule has 0 atom stereocenters. The Kier molecular flexibility index (Phi) is 4.01. The van der Waals surface area contributed by atoms with Crippen molar-refractivity contribution in [2.45, 2.75) is 6.92 Å². The van der Waals surface area contributed by atoms with E-state index in [-0.39, 0.29) is 11.7 Å². The van der Waals surface area contributed by atoms with Crippen LogP contribution in [-0.2, 0) is 0 Å². The second-order valence-electron chi connectivity index (χ2n) is 5.06. The molecule has 5 heteroatoms. The number of amides is 1. The number of carbonyl (C=O) groups excluding carboxylic acids is 1. The molecule has 3 rings (SSSR count). The number of benzene rings is 2. The average Bonchev–Trinajstić information content (AvgIpc) is 2.60. The van der Waals surface area contributed by atoms with Crippen LogP contribution in [0.1, 0.15) is 22.8 Å². The molecule has 2 N–H and O–H groups in total. The molecule has 0 aliphatic rings. The maximum absolute atomic E-state index is 12.0. The van der Waals surface area contributed by atoms with Crippen LogP contribution in [-0.4, -0.2) is 21.7 Å². The quantitative estimate of drug-likeness (QED) is 0.577. The number of hydrogen-bond acceptors (Lipinski definition) is 4. The molecule has 2 aromatic carbocycles. The fourth-order valence-electron chi connectivity index (χ4n) is 2.39. The van der Waals surface area contributed by atoms with Crippen molar-refractivity contribution in [2.75, 3.05) is 0 Å². The van der Waals surface area contributed by atoms with Gasteiger partial charge in [-0.15, -0.1) is 0 Å². The number of aromatic hydroxyl groups is 1. The van der Waals surface area contributed by atoms with Gasteiger partial charge in [-0.05, 0) is 35.9 Å². The molecule has 1 heterocycles. The van der Waals surface area contributed by atoms with Crippen molar-refractivity contribution >= 4 is 22.4 Å². The third-order valence-electron chi connectivity index (χ3n) is 3.52. The number of hydrogen-bond donors (Lipinski definition) is 2. The van der Waals surface area contributed by atoms with Crippen LogP contribution in [0.3, 0.4) is 0 Å². The standard InChI is InChI=1S/C18H15N3O2/c1-12(20-21-18(23)14-6-4-10-19-11-14)17-15-7-3-2-5-13(15)8-9-16(17)22/h2-11,22H,1H3,(H,21,23)/b20-12+. The highest BCUT2D eigenvalue weighted by atomic mass is 16.3. The molecule has 0 unspecified atom stereocenters. The van der Waals surface area contributed by atoms with Gasteiger partial charge in [0, 0.05) is 18.0 Å². The Hall–Kier alpha value is -3.21. The highest BCUT2D eigenvalue weighted by Crippen LogP contribution is 2.27. The highest BCUT2D eigenvalue weighted by Gasteiger charge is 2.11. The number of pyridine rings is 1. The summed E-state index contributed by atoms with van der Waals surface area (Å²) >= 11 is 0. The summed E-state index contributed by atoms with van der Waals surface area (Å²) in [7, 11) is 0. The van der Waals surface area contributed by atoms with Crippen LogP contribution < -0.4 is 5.43 Å². The van der Waals surface area contributed by atoms with Crippen LogP contribution in [0.4, 0.5) is 0 Å². The summed E-state index contributed by atoms with van der Waals surface area (Å²) in [5, 5.41) is 16.1. The lowest BCUT2D eigenvalue weighted by Gasteiger charge is -2.09. The minimum Gasteiger partial charge on any atom is -0.507 e. The van der Waals surface area contributed by atoms with Crippen molar-refractivity contribution in [1.82, 2.24) is 10.4 Å². The number of aromatic nitrogens is 1. The van der Waals surface area contributed by atoms with Crippen LogP contribution in [0.15, 0.2) is 66.0 Å². The number of rotatable bonds is 3. The first kappa shape index (κ1) is 14.7. The summed E-state index contributed by atoms with van der Waals surface area (Å²) < 4.78 is 0. The summed E-state index contributed by atoms with van der Waals surface area (Å²) in [6.07, 6.45) is 3.06. The SMILES string of the molecule is C/C(=N\NC(=O)c1cccnc1)c1c(O)ccc2ccccc12. The summed E-state index contributed by atoms with van der Waals surface area (Å²) in [5.74, 6) is -0.224. The Morgan fingerprint density at radius 1 is 1.13 bits per heavy atom. The monoisotopic (exact) mass is 305 g/mol. The first-order valence-corrected chi connectivity index (χ1v) is 7.12. The molecule has 1 aromatic heterocycles. The zero-order chi connectivity index (χ0) is 16.2. The second-order valence-corrected chi connectivity index (χ2v) is 5.06. The van der Waals surface area contributed by atoms with E-state index in [1.165, 1.54) is 6.20 Å². The van der Waals surface area contributed by atoms with Crippen molar-refractivity contribution < 1.29 is 9.90 Å². The molecule has 3 aromatic rings. The first-order chi connectivity index (χ1) is 11.2. The van der Waals surface area contributed by atoms with Gasteiger partial charge in [-0.1, -0.05) is 30.3 Å². The van der Waals surface area contributed by atoms with Crippen LogP contribution in [0, 0.1) is 0 Å². The normalized spacial score (nSPS) is 11.4. The van der Waals surface area contributed by atoms with Gasteiger partial charge in [-0.2, -0.15) is 5.10 Å². The largest absolute Gasteiger partial charge is 0.507 e. The molecule has 114 valence electrons. The lowest BCUT2D eigenvalue weighted by molar-refractivity contribution is 0.0954. The van der Waals surface area contributed by atoms with E-state index in [1.54, 1.807) is 31.3 Å². The molecule has 0 saturated carbocycles. The average molecular weight is 305 g/mol. The topological polar surface area (TPSA) is 74.6 Å². The third-order valence-corrected chi connectivity index (χ3v) is 3.52. The van der Waals surface area contributed by atoms with Crippen LogP contribution in [0.2, 0.25) is 0 Å².